The van der Waals surface area contributed by atoms with Gasteiger partial charge in [0.05, 0.1) is 11.4 Å². The van der Waals surface area contributed by atoms with Crippen LogP contribution in [0.25, 0.3) is 5.65 Å². The molecule has 2 rings (SSSR count). The first kappa shape index (κ1) is 13.2. The topological polar surface area (TPSA) is 46.4 Å². The lowest BCUT2D eigenvalue weighted by atomic mass is 10.3. The molecule has 2 unspecified atom stereocenters. The number of fused-ring (bicyclic) bond motifs is 1. The van der Waals surface area contributed by atoms with E-state index in [2.05, 4.69) is 14.7 Å². The highest BCUT2D eigenvalue weighted by Crippen LogP contribution is 2.11. The van der Waals surface area contributed by atoms with Crippen LogP contribution in [0.5, 0.6) is 0 Å². The fourth-order valence-corrected chi connectivity index (χ4v) is 2.24. The molecule has 5 heteroatoms. The predicted molar refractivity (Wildman–Crippen MR) is 75.2 cm³/mol. The zero-order valence-electron chi connectivity index (χ0n) is 11.0. The van der Waals surface area contributed by atoms with E-state index in [1.807, 2.05) is 38.2 Å². The molecule has 98 valence electrons. The molecule has 2 aromatic rings. The highest BCUT2D eigenvalue weighted by atomic mass is 32.2. The molecule has 2 heterocycles. The second-order valence-corrected chi connectivity index (χ2v) is 6.31. The van der Waals surface area contributed by atoms with Gasteiger partial charge < -0.3 is 9.72 Å². The number of aryl methyl sites for hydroxylation is 1. The maximum Gasteiger partial charge on any atom is 0.137 e. The molecule has 0 fully saturated rings. The summed E-state index contributed by atoms with van der Waals surface area (Å²) in [6.07, 6.45) is 3.76. The maximum absolute atomic E-state index is 11.3. The average Bonchev–Trinajstić information content (AvgIpc) is 2.65. The molecule has 4 nitrogen and oxygen atoms in total. The third-order valence-corrected chi connectivity index (χ3v) is 4.42. The first-order valence-electron chi connectivity index (χ1n) is 6.05. The van der Waals surface area contributed by atoms with E-state index in [1.54, 1.807) is 6.26 Å². The normalized spacial score (nSPS) is 14.8. The number of hydrogen-bond donors (Lipinski definition) is 1. The van der Waals surface area contributed by atoms with Gasteiger partial charge in [-0.1, -0.05) is 6.07 Å². The number of nitrogens with one attached hydrogen (secondary N) is 1. The smallest absolute Gasteiger partial charge is 0.137 e. The predicted octanol–water partition coefficient (Wildman–Crippen LogP) is 1.50. The highest BCUT2D eigenvalue weighted by molar-refractivity contribution is 7.84. The molecular weight excluding hydrogens is 246 g/mol. The standard InChI is InChI=1S/C13H19N3OS/c1-10(18(3)17)8-14-9-12-11(2)15-13-6-4-5-7-16(12)13/h4-7,10,14H,8-9H2,1-3H3. The molecule has 0 aliphatic rings. The lowest BCUT2D eigenvalue weighted by Crippen LogP contribution is -2.27. The van der Waals surface area contributed by atoms with Crippen molar-refractivity contribution in [3.8, 4) is 0 Å². The average molecular weight is 265 g/mol. The fourth-order valence-electron chi connectivity index (χ4n) is 1.89. The van der Waals surface area contributed by atoms with Crippen LogP contribution >= 0.6 is 0 Å². The Bertz CT molecular complexity index is 564. The third kappa shape index (κ3) is 2.79. The summed E-state index contributed by atoms with van der Waals surface area (Å²) in [5.41, 5.74) is 3.18. The van der Waals surface area contributed by atoms with Crippen LogP contribution in [0.1, 0.15) is 18.3 Å². The van der Waals surface area contributed by atoms with Crippen molar-refractivity contribution >= 4 is 16.4 Å². The molecular formula is C13H19N3OS. The number of rotatable bonds is 5. The van der Waals surface area contributed by atoms with Gasteiger partial charge in [-0.05, 0) is 26.0 Å². The molecule has 0 spiro atoms. The van der Waals surface area contributed by atoms with E-state index in [4.69, 9.17) is 0 Å². The molecule has 0 amide bonds. The second-order valence-electron chi connectivity index (χ2n) is 4.51. The van der Waals surface area contributed by atoms with Gasteiger partial charge in [0.2, 0.25) is 0 Å². The Morgan fingerprint density at radius 2 is 2.28 bits per heavy atom. The van der Waals surface area contributed by atoms with Crippen LogP contribution in [0.2, 0.25) is 0 Å². The maximum atomic E-state index is 11.3. The molecule has 18 heavy (non-hydrogen) atoms. The molecule has 0 aliphatic carbocycles. The second kappa shape index (κ2) is 5.63. The highest BCUT2D eigenvalue weighted by Gasteiger charge is 2.09. The summed E-state index contributed by atoms with van der Waals surface area (Å²) in [7, 11) is -0.776. The van der Waals surface area contributed by atoms with Crippen LogP contribution in [-0.2, 0) is 17.3 Å². The van der Waals surface area contributed by atoms with Crippen molar-refractivity contribution in [2.75, 3.05) is 12.8 Å². The molecule has 0 saturated heterocycles. The Morgan fingerprint density at radius 1 is 1.50 bits per heavy atom. The molecule has 0 aliphatic heterocycles. The monoisotopic (exact) mass is 265 g/mol. The minimum Gasteiger partial charge on any atom is -0.310 e. The van der Waals surface area contributed by atoms with Gasteiger partial charge in [0.25, 0.3) is 0 Å². The molecule has 0 bridgehead atoms. The lowest BCUT2D eigenvalue weighted by molar-refractivity contribution is 0.639. The zero-order chi connectivity index (χ0) is 13.1. The van der Waals surface area contributed by atoms with Gasteiger partial charge in [0.1, 0.15) is 5.65 Å². The summed E-state index contributed by atoms with van der Waals surface area (Å²) in [4.78, 5) is 4.51. The van der Waals surface area contributed by atoms with Gasteiger partial charge in [0, 0.05) is 41.6 Å². The van der Waals surface area contributed by atoms with Crippen LogP contribution in [0, 0.1) is 6.92 Å². The largest absolute Gasteiger partial charge is 0.310 e. The van der Waals surface area contributed by atoms with Crippen molar-refractivity contribution in [3.63, 3.8) is 0 Å². The van der Waals surface area contributed by atoms with Crippen molar-refractivity contribution in [3.05, 3.63) is 35.8 Å². The lowest BCUT2D eigenvalue weighted by Gasteiger charge is -2.10. The number of pyridine rings is 1. The van der Waals surface area contributed by atoms with Crippen LogP contribution in [0.15, 0.2) is 24.4 Å². The summed E-state index contributed by atoms with van der Waals surface area (Å²) < 4.78 is 13.4. The van der Waals surface area contributed by atoms with Gasteiger partial charge in [-0.3, -0.25) is 4.21 Å². The van der Waals surface area contributed by atoms with E-state index in [-0.39, 0.29) is 5.25 Å². The van der Waals surface area contributed by atoms with E-state index >= 15 is 0 Å². The quantitative estimate of drug-likeness (QED) is 0.891. The summed E-state index contributed by atoms with van der Waals surface area (Å²) in [5.74, 6) is 0. The van der Waals surface area contributed by atoms with E-state index < -0.39 is 10.8 Å². The Hall–Kier alpha value is -1.20. The van der Waals surface area contributed by atoms with Crippen LogP contribution in [-0.4, -0.2) is 31.6 Å². The van der Waals surface area contributed by atoms with Crippen molar-refractivity contribution in [2.45, 2.75) is 25.6 Å². The van der Waals surface area contributed by atoms with Gasteiger partial charge >= 0.3 is 0 Å². The van der Waals surface area contributed by atoms with Gasteiger partial charge in [0.15, 0.2) is 0 Å². The molecule has 2 aromatic heterocycles. The van der Waals surface area contributed by atoms with Crippen molar-refractivity contribution in [1.29, 1.82) is 0 Å². The Balaban J connectivity index is 2.08. The minimum atomic E-state index is -0.776. The first-order valence-corrected chi connectivity index (χ1v) is 7.67. The molecule has 0 radical (unpaired) electrons. The van der Waals surface area contributed by atoms with Crippen LogP contribution in [0.4, 0.5) is 0 Å². The van der Waals surface area contributed by atoms with E-state index in [0.29, 0.717) is 0 Å². The number of hydrogen-bond acceptors (Lipinski definition) is 3. The minimum absolute atomic E-state index is 0.171. The Kier molecular flexibility index (Phi) is 4.14. The van der Waals surface area contributed by atoms with E-state index in [0.717, 1.165) is 24.4 Å². The van der Waals surface area contributed by atoms with Crippen molar-refractivity contribution < 1.29 is 4.21 Å². The SMILES string of the molecule is Cc1nc2ccccn2c1CNCC(C)S(C)=O. The Labute approximate surface area is 110 Å². The first-order chi connectivity index (χ1) is 8.59. The zero-order valence-corrected chi connectivity index (χ0v) is 11.8. The number of imidazole rings is 1. The van der Waals surface area contributed by atoms with E-state index in [1.165, 1.54) is 5.69 Å². The summed E-state index contributed by atoms with van der Waals surface area (Å²) in [6, 6.07) is 5.99. The van der Waals surface area contributed by atoms with Crippen molar-refractivity contribution in [1.82, 2.24) is 14.7 Å². The molecule has 0 aromatic carbocycles. The third-order valence-electron chi connectivity index (χ3n) is 3.12. The van der Waals surface area contributed by atoms with E-state index in [9.17, 15) is 4.21 Å². The van der Waals surface area contributed by atoms with Crippen LogP contribution in [0.3, 0.4) is 0 Å². The molecule has 2 atom stereocenters. The molecule has 0 saturated carbocycles. The van der Waals surface area contributed by atoms with Crippen molar-refractivity contribution in [2.24, 2.45) is 0 Å². The summed E-state index contributed by atoms with van der Waals surface area (Å²) in [5, 5.41) is 3.52. The number of nitrogens with zero attached hydrogens (tertiary/aromatic N) is 2. The summed E-state index contributed by atoms with van der Waals surface area (Å²) >= 11 is 0. The van der Waals surface area contributed by atoms with Gasteiger partial charge in [-0.2, -0.15) is 0 Å². The Morgan fingerprint density at radius 3 is 3.00 bits per heavy atom. The summed E-state index contributed by atoms with van der Waals surface area (Å²) in [6.45, 7) is 5.51. The number of aromatic nitrogens is 2. The molecule has 1 N–H and O–H groups in total. The fraction of sp³-hybridized carbons (Fsp3) is 0.462. The van der Waals surface area contributed by atoms with Gasteiger partial charge in [-0.25, -0.2) is 4.98 Å². The van der Waals surface area contributed by atoms with Crippen LogP contribution < -0.4 is 5.32 Å². The van der Waals surface area contributed by atoms with Gasteiger partial charge in [-0.15, -0.1) is 0 Å².